The van der Waals surface area contributed by atoms with E-state index in [4.69, 9.17) is 5.11 Å². The molecule has 1 heterocycles. The number of likely N-dealkylation sites (N-methyl/N-ethyl adjacent to an activating group) is 1. The van der Waals surface area contributed by atoms with Gasteiger partial charge in [0.15, 0.2) is 5.82 Å². The third kappa shape index (κ3) is 3.03. The molecule has 1 aromatic heterocycles. The summed E-state index contributed by atoms with van der Waals surface area (Å²) in [7, 11) is 1.76. The molecule has 2 aromatic rings. The molecular weight excluding hydrogens is 252 g/mol. The van der Waals surface area contributed by atoms with E-state index in [-0.39, 0.29) is 12.2 Å². The number of aromatic nitrogens is 2. The van der Waals surface area contributed by atoms with Crippen molar-refractivity contribution in [1.82, 2.24) is 10.2 Å². The van der Waals surface area contributed by atoms with Crippen LogP contribution in [0.4, 0.5) is 14.6 Å². The lowest BCUT2D eigenvalue weighted by molar-refractivity contribution is 0.303. The summed E-state index contributed by atoms with van der Waals surface area (Å²) in [5.74, 6) is -0.736. The Bertz CT molecular complexity index is 560. The smallest absolute Gasteiger partial charge is 0.151 e. The number of rotatable bonds is 4. The molecule has 0 unspecified atom stereocenters. The molecule has 0 atom stereocenters. The predicted molar refractivity (Wildman–Crippen MR) is 67.7 cm³/mol. The van der Waals surface area contributed by atoms with Crippen LogP contribution >= 0.6 is 0 Å². The van der Waals surface area contributed by atoms with Crippen LogP contribution in [0.25, 0.3) is 11.3 Å². The van der Waals surface area contributed by atoms with Gasteiger partial charge in [-0.2, -0.15) is 0 Å². The molecule has 1 aromatic carbocycles. The topological polar surface area (TPSA) is 49.2 Å². The average molecular weight is 265 g/mol. The lowest BCUT2D eigenvalue weighted by atomic mass is 10.1. The van der Waals surface area contributed by atoms with Gasteiger partial charge in [0, 0.05) is 25.2 Å². The summed E-state index contributed by atoms with van der Waals surface area (Å²) in [6, 6.07) is 6.58. The molecule has 0 aliphatic rings. The molecular formula is C13H13F2N3O. The molecule has 100 valence electrons. The number of halogens is 2. The van der Waals surface area contributed by atoms with E-state index in [1.165, 1.54) is 12.1 Å². The van der Waals surface area contributed by atoms with Gasteiger partial charge in [0.25, 0.3) is 0 Å². The molecule has 0 aliphatic carbocycles. The van der Waals surface area contributed by atoms with Crippen molar-refractivity contribution in [2.45, 2.75) is 0 Å². The predicted octanol–water partition coefficient (Wildman–Crippen LogP) is 1.85. The van der Waals surface area contributed by atoms with Crippen LogP contribution < -0.4 is 4.90 Å². The molecule has 6 heteroatoms. The number of anilines is 1. The fourth-order valence-corrected chi connectivity index (χ4v) is 1.63. The summed E-state index contributed by atoms with van der Waals surface area (Å²) in [5.41, 5.74) is 0.531. The van der Waals surface area contributed by atoms with Gasteiger partial charge in [-0.15, -0.1) is 10.2 Å². The van der Waals surface area contributed by atoms with Crippen molar-refractivity contribution in [3.8, 4) is 11.3 Å². The van der Waals surface area contributed by atoms with Crippen LogP contribution in [0, 0.1) is 11.6 Å². The second-order valence-electron chi connectivity index (χ2n) is 4.05. The molecule has 1 N–H and O–H groups in total. The Labute approximate surface area is 109 Å². The van der Waals surface area contributed by atoms with E-state index < -0.39 is 11.6 Å². The number of hydrogen-bond donors (Lipinski definition) is 1. The van der Waals surface area contributed by atoms with Gasteiger partial charge in [0.2, 0.25) is 0 Å². The lowest BCUT2D eigenvalue weighted by Crippen LogP contribution is -2.22. The molecule has 0 spiro atoms. The molecule has 19 heavy (non-hydrogen) atoms. The van der Waals surface area contributed by atoms with Crippen molar-refractivity contribution in [3.05, 3.63) is 42.0 Å². The van der Waals surface area contributed by atoms with E-state index in [2.05, 4.69) is 10.2 Å². The Morgan fingerprint density at radius 3 is 2.53 bits per heavy atom. The maximum atomic E-state index is 13.6. The minimum absolute atomic E-state index is 0.00647. The molecule has 4 nitrogen and oxygen atoms in total. The Morgan fingerprint density at radius 1 is 1.16 bits per heavy atom. The van der Waals surface area contributed by atoms with E-state index >= 15 is 0 Å². The van der Waals surface area contributed by atoms with Crippen LogP contribution in [-0.4, -0.2) is 35.5 Å². The Balaban J connectivity index is 2.27. The zero-order valence-electron chi connectivity index (χ0n) is 10.3. The lowest BCUT2D eigenvalue weighted by Gasteiger charge is -2.15. The first kappa shape index (κ1) is 13.4. The summed E-state index contributed by atoms with van der Waals surface area (Å²) in [6.07, 6.45) is 0. The molecule has 0 fully saturated rings. The highest BCUT2D eigenvalue weighted by Crippen LogP contribution is 2.22. The summed E-state index contributed by atoms with van der Waals surface area (Å²) >= 11 is 0. The molecule has 0 radical (unpaired) electrons. The molecule has 2 rings (SSSR count). The van der Waals surface area contributed by atoms with E-state index in [0.717, 1.165) is 6.07 Å². The van der Waals surface area contributed by atoms with Crippen LogP contribution in [0.15, 0.2) is 30.3 Å². The van der Waals surface area contributed by atoms with Crippen LogP contribution in [-0.2, 0) is 0 Å². The van der Waals surface area contributed by atoms with Gasteiger partial charge in [-0.3, -0.25) is 0 Å². The van der Waals surface area contributed by atoms with E-state index in [1.54, 1.807) is 24.1 Å². The summed E-state index contributed by atoms with van der Waals surface area (Å²) in [4.78, 5) is 1.72. The fraction of sp³-hybridized carbons (Fsp3) is 0.231. The maximum Gasteiger partial charge on any atom is 0.151 e. The van der Waals surface area contributed by atoms with Crippen molar-refractivity contribution in [3.63, 3.8) is 0 Å². The standard InChI is InChI=1S/C13H13F2N3O/c1-18(6-7-19)13-5-4-12(16-17-13)10-3-2-9(14)8-11(10)15/h2-5,8,19H,6-7H2,1H3. The second kappa shape index (κ2) is 5.71. The first-order chi connectivity index (χ1) is 9.11. The van der Waals surface area contributed by atoms with Crippen molar-refractivity contribution in [2.75, 3.05) is 25.1 Å². The van der Waals surface area contributed by atoms with Crippen molar-refractivity contribution < 1.29 is 13.9 Å². The summed E-state index contributed by atoms with van der Waals surface area (Å²) < 4.78 is 26.4. The van der Waals surface area contributed by atoms with Crippen LogP contribution in [0.5, 0.6) is 0 Å². The molecule has 0 saturated heterocycles. The van der Waals surface area contributed by atoms with Gasteiger partial charge in [-0.1, -0.05) is 0 Å². The van der Waals surface area contributed by atoms with Gasteiger partial charge in [0.1, 0.15) is 11.6 Å². The zero-order valence-corrected chi connectivity index (χ0v) is 10.3. The monoisotopic (exact) mass is 265 g/mol. The highest BCUT2D eigenvalue weighted by molar-refractivity contribution is 5.60. The quantitative estimate of drug-likeness (QED) is 0.916. The van der Waals surface area contributed by atoms with Crippen LogP contribution in [0.3, 0.4) is 0 Å². The van der Waals surface area contributed by atoms with Gasteiger partial charge in [-0.05, 0) is 24.3 Å². The SMILES string of the molecule is CN(CCO)c1ccc(-c2ccc(F)cc2F)nn1. The van der Waals surface area contributed by atoms with E-state index in [9.17, 15) is 8.78 Å². The number of aliphatic hydroxyl groups is 1. The van der Waals surface area contributed by atoms with Crippen LogP contribution in [0.1, 0.15) is 0 Å². The number of nitrogens with zero attached hydrogens (tertiary/aromatic N) is 3. The van der Waals surface area contributed by atoms with Gasteiger partial charge in [-0.25, -0.2) is 8.78 Å². The number of hydrogen-bond acceptors (Lipinski definition) is 4. The molecule has 0 saturated carbocycles. The van der Waals surface area contributed by atoms with Crippen molar-refractivity contribution in [1.29, 1.82) is 0 Å². The van der Waals surface area contributed by atoms with Crippen molar-refractivity contribution in [2.24, 2.45) is 0 Å². The van der Waals surface area contributed by atoms with Crippen molar-refractivity contribution >= 4 is 5.82 Å². The Hall–Kier alpha value is -2.08. The van der Waals surface area contributed by atoms with E-state index in [1.807, 2.05) is 0 Å². The third-order valence-electron chi connectivity index (χ3n) is 2.68. The minimum Gasteiger partial charge on any atom is -0.395 e. The molecule has 0 amide bonds. The minimum atomic E-state index is -0.675. The molecule has 0 aliphatic heterocycles. The summed E-state index contributed by atoms with van der Waals surface area (Å²) in [6.45, 7) is 0.436. The second-order valence-corrected chi connectivity index (χ2v) is 4.05. The normalized spacial score (nSPS) is 10.5. The fourth-order valence-electron chi connectivity index (χ4n) is 1.63. The first-order valence-corrected chi connectivity index (χ1v) is 5.73. The van der Waals surface area contributed by atoms with Gasteiger partial charge in [0.05, 0.1) is 12.3 Å². The first-order valence-electron chi connectivity index (χ1n) is 5.73. The molecule has 0 bridgehead atoms. The number of aliphatic hydroxyl groups excluding tert-OH is 1. The van der Waals surface area contributed by atoms with E-state index in [0.29, 0.717) is 18.1 Å². The highest BCUT2D eigenvalue weighted by Gasteiger charge is 2.09. The summed E-state index contributed by atoms with van der Waals surface area (Å²) in [5, 5.41) is 16.7. The Morgan fingerprint density at radius 2 is 1.95 bits per heavy atom. The average Bonchev–Trinajstić information content (AvgIpc) is 2.39. The zero-order chi connectivity index (χ0) is 13.8. The van der Waals surface area contributed by atoms with Gasteiger partial charge >= 0.3 is 0 Å². The van der Waals surface area contributed by atoms with Gasteiger partial charge < -0.3 is 10.0 Å². The largest absolute Gasteiger partial charge is 0.395 e. The maximum absolute atomic E-state index is 13.6. The number of benzene rings is 1. The Kier molecular flexibility index (Phi) is 4.01. The highest BCUT2D eigenvalue weighted by atomic mass is 19.1. The van der Waals surface area contributed by atoms with Crippen LogP contribution in [0.2, 0.25) is 0 Å². The third-order valence-corrected chi connectivity index (χ3v) is 2.68.